The molecule has 6 heteroatoms. The van der Waals surface area contributed by atoms with Crippen LogP contribution in [0.25, 0.3) is 0 Å². The smallest absolute Gasteiger partial charge is 0.311 e. The van der Waals surface area contributed by atoms with Crippen LogP contribution in [0.15, 0.2) is 12.3 Å². The first-order chi connectivity index (χ1) is 7.58. The lowest BCUT2D eigenvalue weighted by Crippen LogP contribution is -2.07. The molecular formula is C10H11F2NO3. The summed E-state index contributed by atoms with van der Waals surface area (Å²) in [6, 6.07) is 1.30. The van der Waals surface area contributed by atoms with Crippen molar-refractivity contribution < 1.29 is 23.0 Å². The number of alkyl halides is 2. The van der Waals surface area contributed by atoms with E-state index in [1.54, 1.807) is 0 Å². The number of halogens is 2. The van der Waals surface area contributed by atoms with Gasteiger partial charge in [0.15, 0.2) is 0 Å². The largest absolute Gasteiger partial charge is 0.496 e. The molecule has 0 atom stereocenters. The summed E-state index contributed by atoms with van der Waals surface area (Å²) in [4.78, 5) is 14.7. The molecule has 88 valence electrons. The Morgan fingerprint density at radius 2 is 2.19 bits per heavy atom. The minimum Gasteiger partial charge on any atom is -0.496 e. The molecule has 0 amide bonds. The third kappa shape index (κ3) is 2.88. The number of carbonyl (C=O) groups is 1. The van der Waals surface area contributed by atoms with Crippen LogP contribution in [0.4, 0.5) is 8.78 Å². The van der Waals surface area contributed by atoms with Gasteiger partial charge in [-0.15, -0.1) is 0 Å². The van der Waals surface area contributed by atoms with Gasteiger partial charge in [-0.05, 0) is 0 Å². The SMILES string of the molecule is COC(=O)Cc1cc(OC)c(C(F)F)cn1. The Hall–Kier alpha value is -1.72. The van der Waals surface area contributed by atoms with E-state index in [1.165, 1.54) is 20.3 Å². The highest BCUT2D eigenvalue weighted by atomic mass is 19.3. The molecule has 16 heavy (non-hydrogen) atoms. The van der Waals surface area contributed by atoms with Crippen LogP contribution in [0, 0.1) is 0 Å². The van der Waals surface area contributed by atoms with Crippen molar-refractivity contribution in [1.29, 1.82) is 0 Å². The Kier molecular flexibility index (Phi) is 4.16. The number of nitrogens with zero attached hydrogens (tertiary/aromatic N) is 1. The maximum atomic E-state index is 12.5. The number of aromatic nitrogens is 1. The molecule has 1 aromatic rings. The van der Waals surface area contributed by atoms with E-state index < -0.39 is 12.4 Å². The summed E-state index contributed by atoms with van der Waals surface area (Å²) in [6.45, 7) is 0. The van der Waals surface area contributed by atoms with Gasteiger partial charge in [-0.3, -0.25) is 9.78 Å². The highest BCUT2D eigenvalue weighted by molar-refractivity contribution is 5.71. The highest BCUT2D eigenvalue weighted by Gasteiger charge is 2.16. The first-order valence-electron chi connectivity index (χ1n) is 4.46. The van der Waals surface area contributed by atoms with Crippen molar-refractivity contribution >= 4 is 5.97 Å². The van der Waals surface area contributed by atoms with E-state index in [4.69, 9.17) is 4.74 Å². The van der Waals surface area contributed by atoms with E-state index in [9.17, 15) is 13.6 Å². The quantitative estimate of drug-likeness (QED) is 0.740. The van der Waals surface area contributed by atoms with Crippen molar-refractivity contribution in [3.05, 3.63) is 23.5 Å². The molecule has 0 aliphatic carbocycles. The summed E-state index contributed by atoms with van der Waals surface area (Å²) in [7, 11) is 2.52. The zero-order valence-corrected chi connectivity index (χ0v) is 8.87. The van der Waals surface area contributed by atoms with Crippen molar-refractivity contribution in [1.82, 2.24) is 4.98 Å². The van der Waals surface area contributed by atoms with Crippen molar-refractivity contribution in [3.8, 4) is 5.75 Å². The van der Waals surface area contributed by atoms with Gasteiger partial charge in [0.25, 0.3) is 6.43 Å². The Morgan fingerprint density at radius 1 is 1.50 bits per heavy atom. The summed E-state index contributed by atoms with van der Waals surface area (Å²) in [5, 5.41) is 0. The fourth-order valence-electron chi connectivity index (χ4n) is 1.15. The number of hydrogen-bond acceptors (Lipinski definition) is 4. The van der Waals surface area contributed by atoms with Gasteiger partial charge >= 0.3 is 5.97 Å². The lowest BCUT2D eigenvalue weighted by atomic mass is 10.2. The lowest BCUT2D eigenvalue weighted by Gasteiger charge is -2.08. The fraction of sp³-hybridized carbons (Fsp3) is 0.400. The van der Waals surface area contributed by atoms with Crippen LogP contribution >= 0.6 is 0 Å². The molecule has 0 aliphatic rings. The summed E-state index contributed by atoms with van der Waals surface area (Å²) in [5.74, 6) is -0.469. The molecule has 0 spiro atoms. The second-order valence-electron chi connectivity index (χ2n) is 2.97. The molecule has 0 bridgehead atoms. The molecule has 1 rings (SSSR count). The summed E-state index contributed by atoms with van der Waals surface area (Å²) in [6.07, 6.45) is -1.73. The monoisotopic (exact) mass is 231 g/mol. The normalized spacial score (nSPS) is 10.3. The number of ether oxygens (including phenoxy) is 2. The number of hydrogen-bond donors (Lipinski definition) is 0. The molecule has 0 saturated heterocycles. The maximum absolute atomic E-state index is 12.5. The predicted molar refractivity (Wildman–Crippen MR) is 51.5 cm³/mol. The second-order valence-corrected chi connectivity index (χ2v) is 2.97. The standard InChI is InChI=1S/C10H11F2NO3/c1-15-8-3-6(4-9(14)16-2)13-5-7(8)10(11)12/h3,5,10H,4H2,1-2H3. The number of carbonyl (C=O) groups excluding carboxylic acids is 1. The Bertz CT molecular complexity index is 382. The molecule has 1 aromatic heterocycles. The minimum atomic E-state index is -2.66. The molecule has 0 N–H and O–H groups in total. The average molecular weight is 231 g/mol. The first-order valence-corrected chi connectivity index (χ1v) is 4.46. The molecule has 0 aromatic carbocycles. The van der Waals surface area contributed by atoms with E-state index in [0.29, 0.717) is 5.69 Å². The molecule has 4 nitrogen and oxygen atoms in total. The molecular weight excluding hydrogens is 220 g/mol. The van der Waals surface area contributed by atoms with Gasteiger partial charge in [-0.1, -0.05) is 0 Å². The van der Waals surface area contributed by atoms with Crippen LogP contribution in [0.1, 0.15) is 17.7 Å². The molecule has 1 heterocycles. The third-order valence-corrected chi connectivity index (χ3v) is 1.96. The summed E-state index contributed by atoms with van der Waals surface area (Å²) >= 11 is 0. The van der Waals surface area contributed by atoms with E-state index in [2.05, 4.69) is 9.72 Å². The number of rotatable bonds is 4. The lowest BCUT2D eigenvalue weighted by molar-refractivity contribution is -0.139. The van der Waals surface area contributed by atoms with E-state index in [0.717, 1.165) is 6.20 Å². The number of pyridine rings is 1. The van der Waals surface area contributed by atoms with Crippen molar-refractivity contribution in [2.45, 2.75) is 12.8 Å². The van der Waals surface area contributed by atoms with Crippen LogP contribution in [-0.4, -0.2) is 25.2 Å². The zero-order chi connectivity index (χ0) is 12.1. The van der Waals surface area contributed by atoms with Crippen LogP contribution < -0.4 is 4.74 Å². The van der Waals surface area contributed by atoms with E-state index in [-0.39, 0.29) is 17.7 Å². The third-order valence-electron chi connectivity index (χ3n) is 1.96. The molecule has 0 radical (unpaired) electrons. The van der Waals surface area contributed by atoms with E-state index >= 15 is 0 Å². The molecule has 0 saturated carbocycles. The number of methoxy groups -OCH3 is 2. The van der Waals surface area contributed by atoms with Gasteiger partial charge in [-0.25, -0.2) is 8.78 Å². The Morgan fingerprint density at radius 3 is 2.69 bits per heavy atom. The molecule has 0 fully saturated rings. The summed E-state index contributed by atoms with van der Waals surface area (Å²) in [5.41, 5.74) is 0.0317. The van der Waals surface area contributed by atoms with E-state index in [1.807, 2.05) is 0 Å². The van der Waals surface area contributed by atoms with Gasteiger partial charge in [0, 0.05) is 12.3 Å². The molecule has 0 unspecified atom stereocenters. The van der Waals surface area contributed by atoms with Crippen LogP contribution in [0.5, 0.6) is 5.75 Å². The molecule has 0 aliphatic heterocycles. The predicted octanol–water partition coefficient (Wildman–Crippen LogP) is 1.74. The van der Waals surface area contributed by atoms with Crippen molar-refractivity contribution in [2.75, 3.05) is 14.2 Å². The average Bonchev–Trinajstić information content (AvgIpc) is 2.28. The van der Waals surface area contributed by atoms with Gasteiger partial charge in [0.1, 0.15) is 5.75 Å². The van der Waals surface area contributed by atoms with Gasteiger partial charge < -0.3 is 9.47 Å². The maximum Gasteiger partial charge on any atom is 0.311 e. The fourth-order valence-corrected chi connectivity index (χ4v) is 1.15. The highest BCUT2D eigenvalue weighted by Crippen LogP contribution is 2.28. The van der Waals surface area contributed by atoms with Crippen LogP contribution in [-0.2, 0) is 16.0 Å². The Labute approximate surface area is 91.2 Å². The van der Waals surface area contributed by atoms with Crippen molar-refractivity contribution in [2.24, 2.45) is 0 Å². The van der Waals surface area contributed by atoms with Crippen LogP contribution in [0.3, 0.4) is 0 Å². The van der Waals surface area contributed by atoms with Gasteiger partial charge in [0.2, 0.25) is 0 Å². The first kappa shape index (κ1) is 12.4. The Balaban J connectivity index is 2.95. The van der Waals surface area contributed by atoms with Crippen molar-refractivity contribution in [3.63, 3.8) is 0 Å². The zero-order valence-electron chi connectivity index (χ0n) is 8.87. The topological polar surface area (TPSA) is 48.4 Å². The summed E-state index contributed by atoms with van der Waals surface area (Å²) < 4.78 is 34.2. The second kappa shape index (κ2) is 5.39. The van der Waals surface area contributed by atoms with Crippen LogP contribution in [0.2, 0.25) is 0 Å². The van der Waals surface area contributed by atoms with Gasteiger partial charge in [0.05, 0.1) is 31.9 Å². The minimum absolute atomic E-state index is 0.0175. The van der Waals surface area contributed by atoms with Gasteiger partial charge in [-0.2, -0.15) is 0 Å². The number of esters is 1.